The fourth-order valence-corrected chi connectivity index (χ4v) is 3.39. The summed E-state index contributed by atoms with van der Waals surface area (Å²) in [5.74, 6) is -0.480. The lowest BCUT2D eigenvalue weighted by molar-refractivity contribution is -0.137. The van der Waals surface area contributed by atoms with E-state index in [1.165, 1.54) is 29.5 Å². The molecular weight excluding hydrogens is 387 g/mol. The van der Waals surface area contributed by atoms with Gasteiger partial charge in [0.2, 0.25) is 0 Å². The molecule has 140 valence electrons. The lowest BCUT2D eigenvalue weighted by Crippen LogP contribution is -2.14. The van der Waals surface area contributed by atoms with Crippen LogP contribution in [0.1, 0.15) is 15.9 Å². The number of para-hydroxylation sites is 1. The van der Waals surface area contributed by atoms with Gasteiger partial charge in [-0.2, -0.15) is 13.2 Å². The number of halogens is 3. The Bertz CT molecular complexity index is 1140. The zero-order chi connectivity index (χ0) is 19.7. The van der Waals surface area contributed by atoms with Crippen LogP contribution in [0.2, 0.25) is 0 Å². The van der Waals surface area contributed by atoms with Gasteiger partial charge in [-0.15, -0.1) is 11.3 Å². The highest BCUT2D eigenvalue weighted by molar-refractivity contribution is 7.13. The molecule has 1 N–H and O–H groups in total. The highest BCUT2D eigenvalue weighted by atomic mass is 32.1. The maximum atomic E-state index is 13.6. The minimum Gasteiger partial charge on any atom is -0.298 e. The first-order valence-corrected chi connectivity index (χ1v) is 9.08. The van der Waals surface area contributed by atoms with Gasteiger partial charge in [-0.3, -0.25) is 10.1 Å². The first-order valence-electron chi connectivity index (χ1n) is 8.21. The number of thiazole rings is 1. The van der Waals surface area contributed by atoms with Crippen LogP contribution < -0.4 is 5.32 Å². The molecule has 0 fully saturated rings. The Morgan fingerprint density at radius 3 is 2.50 bits per heavy atom. The highest BCUT2D eigenvalue weighted by Gasteiger charge is 2.35. The quantitative estimate of drug-likeness (QED) is 0.486. The number of pyridine rings is 1. The lowest BCUT2D eigenvalue weighted by Gasteiger charge is -2.15. The van der Waals surface area contributed by atoms with Crippen LogP contribution in [0.25, 0.3) is 22.2 Å². The van der Waals surface area contributed by atoms with E-state index < -0.39 is 17.6 Å². The Hall–Kier alpha value is -3.26. The van der Waals surface area contributed by atoms with E-state index in [2.05, 4.69) is 15.3 Å². The number of fused-ring (bicyclic) bond motifs is 1. The van der Waals surface area contributed by atoms with Crippen LogP contribution in [0, 0.1) is 0 Å². The van der Waals surface area contributed by atoms with Crippen molar-refractivity contribution in [2.24, 2.45) is 0 Å². The first kappa shape index (κ1) is 18.1. The van der Waals surface area contributed by atoms with Crippen LogP contribution in [0.5, 0.6) is 0 Å². The number of nitrogens with one attached hydrogen (secondary N) is 1. The normalized spacial score (nSPS) is 11.5. The largest absolute Gasteiger partial charge is 0.418 e. The van der Waals surface area contributed by atoms with Crippen molar-refractivity contribution in [2.75, 3.05) is 5.32 Å². The fraction of sp³-hybridized carbons (Fsp3) is 0.0500. The molecule has 0 atom stereocenters. The molecule has 0 aliphatic heterocycles. The number of amides is 1. The van der Waals surface area contributed by atoms with Crippen molar-refractivity contribution < 1.29 is 18.0 Å². The van der Waals surface area contributed by atoms with Crippen LogP contribution in [0.4, 0.5) is 18.3 Å². The molecule has 8 heteroatoms. The molecule has 1 amide bonds. The predicted molar refractivity (Wildman–Crippen MR) is 102 cm³/mol. The SMILES string of the molecule is O=C(Nc1nccs1)c1cccc2cc(C(F)(F)F)c(-c3ccccc3)nc12. The second kappa shape index (κ2) is 7.05. The van der Waals surface area contributed by atoms with Crippen molar-refractivity contribution in [3.05, 3.63) is 77.3 Å². The average molecular weight is 399 g/mol. The van der Waals surface area contributed by atoms with Crippen LogP contribution in [-0.2, 0) is 6.18 Å². The summed E-state index contributed by atoms with van der Waals surface area (Å²) < 4.78 is 40.9. The summed E-state index contributed by atoms with van der Waals surface area (Å²) in [7, 11) is 0. The molecule has 0 bridgehead atoms. The number of benzene rings is 2. The summed E-state index contributed by atoms with van der Waals surface area (Å²) in [6.07, 6.45) is -3.03. The summed E-state index contributed by atoms with van der Waals surface area (Å²) in [5.41, 5.74) is -0.354. The molecule has 0 saturated carbocycles. The zero-order valence-electron chi connectivity index (χ0n) is 14.2. The number of anilines is 1. The summed E-state index contributed by atoms with van der Waals surface area (Å²) >= 11 is 1.24. The van der Waals surface area contributed by atoms with Gasteiger partial charge in [-0.25, -0.2) is 9.97 Å². The highest BCUT2D eigenvalue weighted by Crippen LogP contribution is 2.38. The summed E-state index contributed by atoms with van der Waals surface area (Å²) in [4.78, 5) is 20.9. The molecule has 2 aromatic heterocycles. The molecular formula is C20H12F3N3OS. The smallest absolute Gasteiger partial charge is 0.298 e. The van der Waals surface area contributed by atoms with Gasteiger partial charge in [-0.1, -0.05) is 42.5 Å². The monoisotopic (exact) mass is 399 g/mol. The number of aromatic nitrogens is 2. The van der Waals surface area contributed by atoms with E-state index in [1.54, 1.807) is 41.9 Å². The molecule has 2 heterocycles. The number of alkyl halides is 3. The first-order chi connectivity index (χ1) is 13.4. The number of hydrogen-bond donors (Lipinski definition) is 1. The Kier molecular flexibility index (Phi) is 4.56. The van der Waals surface area contributed by atoms with Crippen molar-refractivity contribution in [3.8, 4) is 11.3 Å². The van der Waals surface area contributed by atoms with Crippen molar-refractivity contribution in [1.82, 2.24) is 9.97 Å². The van der Waals surface area contributed by atoms with Gasteiger partial charge in [0.15, 0.2) is 5.13 Å². The van der Waals surface area contributed by atoms with Gasteiger partial charge in [-0.05, 0) is 12.1 Å². The number of nitrogens with zero attached hydrogens (tertiary/aromatic N) is 2. The second-order valence-corrected chi connectivity index (χ2v) is 6.81. The molecule has 4 nitrogen and oxygen atoms in total. The molecule has 0 spiro atoms. The predicted octanol–water partition coefficient (Wildman–Crippen LogP) is 5.63. The summed E-state index contributed by atoms with van der Waals surface area (Å²) in [6.45, 7) is 0. The van der Waals surface area contributed by atoms with E-state index in [0.717, 1.165) is 6.07 Å². The minimum absolute atomic E-state index is 0.179. The number of carbonyl (C=O) groups is 1. The third-order valence-electron chi connectivity index (χ3n) is 4.10. The van der Waals surface area contributed by atoms with Gasteiger partial charge in [0.25, 0.3) is 5.91 Å². The molecule has 0 unspecified atom stereocenters. The molecule has 0 aliphatic carbocycles. The van der Waals surface area contributed by atoms with E-state index >= 15 is 0 Å². The maximum Gasteiger partial charge on any atom is 0.418 e. The second-order valence-electron chi connectivity index (χ2n) is 5.92. The molecule has 4 rings (SSSR count). The van der Waals surface area contributed by atoms with Crippen molar-refractivity contribution >= 4 is 33.3 Å². The van der Waals surface area contributed by atoms with Crippen LogP contribution in [0.15, 0.2) is 66.2 Å². The number of hydrogen-bond acceptors (Lipinski definition) is 4. The van der Waals surface area contributed by atoms with Gasteiger partial charge < -0.3 is 0 Å². The fourth-order valence-electron chi connectivity index (χ4n) is 2.86. The third kappa shape index (κ3) is 3.46. The summed E-state index contributed by atoms with van der Waals surface area (Å²) in [6, 6.07) is 13.7. The van der Waals surface area contributed by atoms with E-state index in [9.17, 15) is 18.0 Å². The van der Waals surface area contributed by atoms with Crippen molar-refractivity contribution in [3.63, 3.8) is 0 Å². The molecule has 4 aromatic rings. The average Bonchev–Trinajstić information content (AvgIpc) is 3.19. The van der Waals surface area contributed by atoms with Crippen LogP contribution in [-0.4, -0.2) is 15.9 Å². The molecule has 0 radical (unpaired) electrons. The molecule has 28 heavy (non-hydrogen) atoms. The van der Waals surface area contributed by atoms with E-state index in [1.807, 2.05) is 0 Å². The van der Waals surface area contributed by atoms with E-state index in [-0.39, 0.29) is 22.2 Å². The standard InChI is InChI=1S/C20H12F3N3OS/c21-20(22,23)15-11-13-7-4-8-14(18(27)26-19-24-9-10-28-19)16(13)25-17(15)12-5-2-1-3-6-12/h1-11H,(H,24,26,27). The van der Waals surface area contributed by atoms with Crippen LogP contribution in [0.3, 0.4) is 0 Å². The Morgan fingerprint density at radius 2 is 1.82 bits per heavy atom. The van der Waals surface area contributed by atoms with Crippen LogP contribution >= 0.6 is 11.3 Å². The maximum absolute atomic E-state index is 13.6. The van der Waals surface area contributed by atoms with Gasteiger partial charge >= 0.3 is 6.18 Å². The molecule has 0 aliphatic rings. The Morgan fingerprint density at radius 1 is 1.04 bits per heavy atom. The topological polar surface area (TPSA) is 54.9 Å². The number of carbonyl (C=O) groups excluding carboxylic acids is 1. The van der Waals surface area contributed by atoms with Gasteiger partial charge in [0.05, 0.1) is 22.3 Å². The molecule has 0 saturated heterocycles. The zero-order valence-corrected chi connectivity index (χ0v) is 15.0. The van der Waals surface area contributed by atoms with Gasteiger partial charge in [0.1, 0.15) is 0 Å². The lowest BCUT2D eigenvalue weighted by atomic mass is 10.0. The van der Waals surface area contributed by atoms with Crippen molar-refractivity contribution in [2.45, 2.75) is 6.18 Å². The Labute approximate surface area is 161 Å². The third-order valence-corrected chi connectivity index (χ3v) is 4.78. The molecule has 2 aromatic carbocycles. The van der Waals surface area contributed by atoms with Gasteiger partial charge in [0, 0.05) is 22.5 Å². The Balaban J connectivity index is 1.91. The number of rotatable bonds is 3. The van der Waals surface area contributed by atoms with Crippen molar-refractivity contribution in [1.29, 1.82) is 0 Å². The van der Waals surface area contributed by atoms with E-state index in [0.29, 0.717) is 10.7 Å². The minimum atomic E-state index is -4.58. The van der Waals surface area contributed by atoms with E-state index in [4.69, 9.17) is 0 Å². The summed E-state index contributed by atoms with van der Waals surface area (Å²) in [5, 5.41) is 4.98.